The summed E-state index contributed by atoms with van der Waals surface area (Å²) in [5.41, 5.74) is 10.2. The number of nitrogen functional groups attached to an aromatic ring is 1. The summed E-state index contributed by atoms with van der Waals surface area (Å²) in [5, 5.41) is 1.08. The highest BCUT2D eigenvalue weighted by molar-refractivity contribution is 6.06. The van der Waals surface area contributed by atoms with E-state index in [0.717, 1.165) is 59.3 Å². The highest BCUT2D eigenvalue weighted by Gasteiger charge is 2.17. The standard InChI is InChI=1S/C22H23N4O/c1-3-4-13-26-19(14-15-9-11-16(27-2)12-10-15)25-20-21(26)17-7-5-6-8-18(17)24-22(20)23/h5-12H,1,3-4,13-14H2,2H3,(H2,23,24). The van der Waals surface area contributed by atoms with E-state index in [2.05, 4.69) is 34.7 Å². The van der Waals surface area contributed by atoms with Crippen LogP contribution in [0.1, 0.15) is 24.2 Å². The normalized spacial score (nSPS) is 11.3. The average molecular weight is 359 g/mol. The summed E-state index contributed by atoms with van der Waals surface area (Å²) in [6.45, 7) is 4.85. The van der Waals surface area contributed by atoms with Crippen LogP contribution in [0.4, 0.5) is 5.82 Å². The van der Waals surface area contributed by atoms with Gasteiger partial charge in [0.2, 0.25) is 0 Å². The van der Waals surface area contributed by atoms with Gasteiger partial charge < -0.3 is 15.0 Å². The van der Waals surface area contributed by atoms with Crippen LogP contribution in [0, 0.1) is 6.92 Å². The molecule has 5 nitrogen and oxygen atoms in total. The number of ether oxygens (including phenoxy) is 1. The van der Waals surface area contributed by atoms with Gasteiger partial charge in [-0.2, -0.15) is 0 Å². The van der Waals surface area contributed by atoms with Gasteiger partial charge in [0.15, 0.2) is 5.82 Å². The number of methoxy groups -OCH3 is 1. The number of para-hydroxylation sites is 1. The van der Waals surface area contributed by atoms with Gasteiger partial charge in [-0.3, -0.25) is 0 Å². The van der Waals surface area contributed by atoms with Crippen molar-refractivity contribution in [1.29, 1.82) is 0 Å². The van der Waals surface area contributed by atoms with Crippen LogP contribution in [0.3, 0.4) is 0 Å². The Kier molecular flexibility index (Phi) is 4.67. The number of nitrogens with zero attached hydrogens (tertiary/aromatic N) is 3. The molecule has 0 fully saturated rings. The molecular formula is C22H23N4O. The van der Waals surface area contributed by atoms with Crippen molar-refractivity contribution in [3.8, 4) is 5.75 Å². The number of aryl methyl sites for hydroxylation is 1. The predicted molar refractivity (Wildman–Crippen MR) is 110 cm³/mol. The molecule has 0 unspecified atom stereocenters. The van der Waals surface area contributed by atoms with Crippen molar-refractivity contribution in [2.24, 2.45) is 0 Å². The summed E-state index contributed by atoms with van der Waals surface area (Å²) >= 11 is 0. The first kappa shape index (κ1) is 17.3. The smallest absolute Gasteiger partial charge is 0.152 e. The Hall–Kier alpha value is -3.08. The zero-order valence-corrected chi connectivity index (χ0v) is 15.5. The van der Waals surface area contributed by atoms with Crippen LogP contribution in [0.25, 0.3) is 21.9 Å². The van der Waals surface area contributed by atoms with Gasteiger partial charge in [-0.05, 0) is 30.2 Å². The first-order valence-electron chi connectivity index (χ1n) is 9.16. The number of hydrogen-bond donors (Lipinski definition) is 1. The molecule has 2 N–H and O–H groups in total. The van der Waals surface area contributed by atoms with Crippen molar-refractivity contribution in [3.63, 3.8) is 0 Å². The fourth-order valence-corrected chi connectivity index (χ4v) is 3.48. The first-order chi connectivity index (χ1) is 13.2. The fourth-order valence-electron chi connectivity index (χ4n) is 3.48. The number of unbranched alkanes of at least 4 members (excludes halogenated alkanes) is 1. The lowest BCUT2D eigenvalue weighted by Crippen LogP contribution is -2.05. The van der Waals surface area contributed by atoms with E-state index in [1.54, 1.807) is 7.11 Å². The number of pyridine rings is 1. The minimum absolute atomic E-state index is 0.480. The predicted octanol–water partition coefficient (Wildman–Crippen LogP) is 4.38. The van der Waals surface area contributed by atoms with E-state index in [9.17, 15) is 0 Å². The van der Waals surface area contributed by atoms with E-state index in [1.165, 1.54) is 5.56 Å². The molecule has 4 aromatic rings. The van der Waals surface area contributed by atoms with Gasteiger partial charge in [-0.25, -0.2) is 9.97 Å². The molecule has 137 valence electrons. The number of anilines is 1. The van der Waals surface area contributed by atoms with Crippen molar-refractivity contribution in [2.75, 3.05) is 12.8 Å². The number of imidazole rings is 1. The van der Waals surface area contributed by atoms with Crippen LogP contribution in [0.2, 0.25) is 0 Å². The van der Waals surface area contributed by atoms with Gasteiger partial charge in [0.25, 0.3) is 0 Å². The maximum absolute atomic E-state index is 6.25. The van der Waals surface area contributed by atoms with Gasteiger partial charge in [0.1, 0.15) is 17.1 Å². The van der Waals surface area contributed by atoms with Crippen molar-refractivity contribution < 1.29 is 4.74 Å². The summed E-state index contributed by atoms with van der Waals surface area (Å²) in [6, 6.07) is 16.2. The molecule has 0 atom stereocenters. The third kappa shape index (κ3) is 3.21. The van der Waals surface area contributed by atoms with Crippen molar-refractivity contribution >= 4 is 27.8 Å². The summed E-state index contributed by atoms with van der Waals surface area (Å²) in [5.74, 6) is 2.32. The Morgan fingerprint density at radius 1 is 1.07 bits per heavy atom. The molecule has 4 rings (SSSR count). The fraction of sp³-hybridized carbons (Fsp3) is 0.227. The minimum Gasteiger partial charge on any atom is -0.497 e. The molecule has 0 amide bonds. The van der Waals surface area contributed by atoms with Gasteiger partial charge in [-0.1, -0.05) is 43.7 Å². The lowest BCUT2D eigenvalue weighted by Gasteiger charge is -2.11. The quantitative estimate of drug-likeness (QED) is 0.555. The second-order valence-corrected chi connectivity index (χ2v) is 6.62. The maximum atomic E-state index is 6.25. The molecule has 0 aliphatic carbocycles. The van der Waals surface area contributed by atoms with Crippen LogP contribution in [-0.4, -0.2) is 21.6 Å². The molecule has 2 heterocycles. The number of nitrogens with two attached hydrogens (primary N) is 1. The monoisotopic (exact) mass is 359 g/mol. The van der Waals surface area contributed by atoms with Gasteiger partial charge in [0, 0.05) is 18.4 Å². The topological polar surface area (TPSA) is 66.0 Å². The Morgan fingerprint density at radius 2 is 1.85 bits per heavy atom. The first-order valence-corrected chi connectivity index (χ1v) is 9.16. The van der Waals surface area contributed by atoms with E-state index < -0.39 is 0 Å². The molecule has 2 aromatic heterocycles. The molecule has 0 saturated heterocycles. The highest BCUT2D eigenvalue weighted by atomic mass is 16.5. The molecule has 0 spiro atoms. The van der Waals surface area contributed by atoms with E-state index in [0.29, 0.717) is 5.82 Å². The SMILES string of the molecule is [CH2]CCCn1c(Cc2ccc(OC)cc2)nc2c(N)nc3ccccc3c21. The number of fused-ring (bicyclic) bond motifs is 3. The molecule has 0 saturated carbocycles. The Labute approximate surface area is 158 Å². The van der Waals surface area contributed by atoms with Crippen LogP contribution < -0.4 is 10.5 Å². The van der Waals surface area contributed by atoms with Crippen LogP contribution >= 0.6 is 0 Å². The van der Waals surface area contributed by atoms with Crippen LogP contribution in [-0.2, 0) is 13.0 Å². The van der Waals surface area contributed by atoms with Gasteiger partial charge in [-0.15, -0.1) is 0 Å². The van der Waals surface area contributed by atoms with Gasteiger partial charge >= 0.3 is 0 Å². The second-order valence-electron chi connectivity index (χ2n) is 6.62. The molecule has 1 radical (unpaired) electrons. The lowest BCUT2D eigenvalue weighted by molar-refractivity contribution is 0.414. The average Bonchev–Trinajstić information content (AvgIpc) is 3.06. The third-order valence-corrected chi connectivity index (χ3v) is 4.84. The van der Waals surface area contributed by atoms with E-state index >= 15 is 0 Å². The van der Waals surface area contributed by atoms with Gasteiger partial charge in [0.05, 0.1) is 18.1 Å². The van der Waals surface area contributed by atoms with Crippen LogP contribution in [0.15, 0.2) is 48.5 Å². The van der Waals surface area contributed by atoms with E-state index in [-0.39, 0.29) is 0 Å². The number of aromatic nitrogens is 3. The molecule has 27 heavy (non-hydrogen) atoms. The number of hydrogen-bond acceptors (Lipinski definition) is 4. The molecule has 5 heteroatoms. The Morgan fingerprint density at radius 3 is 2.59 bits per heavy atom. The molecular weight excluding hydrogens is 336 g/mol. The zero-order chi connectivity index (χ0) is 18.8. The minimum atomic E-state index is 0.480. The Bertz CT molecular complexity index is 1080. The summed E-state index contributed by atoms with van der Waals surface area (Å²) < 4.78 is 7.54. The van der Waals surface area contributed by atoms with Crippen molar-refractivity contribution in [1.82, 2.24) is 14.5 Å². The number of benzene rings is 2. The molecule has 0 bridgehead atoms. The molecule has 0 aliphatic rings. The van der Waals surface area contributed by atoms with Crippen molar-refractivity contribution in [2.45, 2.75) is 25.8 Å². The van der Waals surface area contributed by atoms with E-state index in [1.807, 2.05) is 30.3 Å². The zero-order valence-electron chi connectivity index (χ0n) is 15.5. The Balaban J connectivity index is 1.88. The third-order valence-electron chi connectivity index (χ3n) is 4.84. The lowest BCUT2D eigenvalue weighted by atomic mass is 10.1. The summed E-state index contributed by atoms with van der Waals surface area (Å²) in [4.78, 5) is 9.42. The van der Waals surface area contributed by atoms with Crippen molar-refractivity contribution in [3.05, 3.63) is 66.8 Å². The maximum Gasteiger partial charge on any atom is 0.152 e. The number of rotatable bonds is 6. The highest BCUT2D eigenvalue weighted by Crippen LogP contribution is 2.30. The summed E-state index contributed by atoms with van der Waals surface area (Å²) in [7, 11) is 1.67. The summed E-state index contributed by atoms with van der Waals surface area (Å²) in [6.07, 6.45) is 2.58. The molecule has 2 aromatic carbocycles. The van der Waals surface area contributed by atoms with E-state index in [4.69, 9.17) is 15.5 Å². The molecule has 0 aliphatic heterocycles. The largest absolute Gasteiger partial charge is 0.497 e. The second kappa shape index (κ2) is 7.27. The van der Waals surface area contributed by atoms with Crippen LogP contribution in [0.5, 0.6) is 5.75 Å².